The van der Waals surface area contributed by atoms with Crippen LogP contribution in [0.15, 0.2) is 24.4 Å². The molecule has 0 amide bonds. The highest BCUT2D eigenvalue weighted by molar-refractivity contribution is 5.06. The van der Waals surface area contributed by atoms with Gasteiger partial charge in [-0.05, 0) is 12.6 Å². The summed E-state index contributed by atoms with van der Waals surface area (Å²) in [6.07, 6.45) is 9.65. The first kappa shape index (κ1) is 10.3. The first-order valence-electron chi connectivity index (χ1n) is 4.15. The summed E-state index contributed by atoms with van der Waals surface area (Å²) in [4.78, 5) is 0. The van der Waals surface area contributed by atoms with Crippen molar-refractivity contribution in [3.8, 4) is 0 Å². The van der Waals surface area contributed by atoms with Gasteiger partial charge in [-0.25, -0.2) is 0 Å². The molecule has 1 N–H and O–H groups in total. The second-order valence-electron chi connectivity index (χ2n) is 3.25. The van der Waals surface area contributed by atoms with E-state index in [0.29, 0.717) is 0 Å². The van der Waals surface area contributed by atoms with Crippen LogP contribution in [0.1, 0.15) is 27.2 Å². The number of rotatable bonds is 4. The van der Waals surface area contributed by atoms with E-state index in [-0.39, 0.29) is 5.41 Å². The number of hydrogen-bond acceptors (Lipinski definition) is 1. The van der Waals surface area contributed by atoms with Crippen LogP contribution in [0.3, 0.4) is 0 Å². The van der Waals surface area contributed by atoms with E-state index in [1.54, 1.807) is 0 Å². The average Bonchev–Trinajstić information content (AvgIpc) is 1.97. The zero-order valence-corrected chi connectivity index (χ0v) is 8.02. The molecule has 0 aromatic carbocycles. The highest BCUT2D eigenvalue weighted by Gasteiger charge is 2.06. The van der Waals surface area contributed by atoms with Gasteiger partial charge in [-0.15, -0.1) is 0 Å². The summed E-state index contributed by atoms with van der Waals surface area (Å²) in [6, 6.07) is 0. The largest absolute Gasteiger partial charge is 0.394 e. The SMILES string of the molecule is CC/C=C/C(C)(C)/C=C/NC. The maximum atomic E-state index is 2.99. The summed E-state index contributed by atoms with van der Waals surface area (Å²) in [6.45, 7) is 6.52. The second-order valence-corrected chi connectivity index (χ2v) is 3.25. The minimum atomic E-state index is 0.180. The molecule has 0 atom stereocenters. The number of nitrogens with one attached hydrogen (secondary N) is 1. The molecule has 0 heterocycles. The van der Waals surface area contributed by atoms with E-state index in [4.69, 9.17) is 0 Å². The summed E-state index contributed by atoms with van der Waals surface area (Å²) in [5.41, 5.74) is 0.180. The molecule has 0 aromatic heterocycles. The predicted molar refractivity (Wildman–Crippen MR) is 51.4 cm³/mol. The smallest absolute Gasteiger partial charge is 0.00276 e. The molecule has 11 heavy (non-hydrogen) atoms. The van der Waals surface area contributed by atoms with E-state index in [1.165, 1.54) is 0 Å². The maximum Gasteiger partial charge on any atom is 0.00276 e. The third kappa shape index (κ3) is 5.71. The van der Waals surface area contributed by atoms with Crippen LogP contribution in [0, 0.1) is 5.41 Å². The molecule has 0 unspecified atom stereocenters. The van der Waals surface area contributed by atoms with Crippen molar-refractivity contribution in [1.82, 2.24) is 5.32 Å². The summed E-state index contributed by atoms with van der Waals surface area (Å²) < 4.78 is 0. The van der Waals surface area contributed by atoms with Crippen molar-refractivity contribution in [3.63, 3.8) is 0 Å². The van der Waals surface area contributed by atoms with Gasteiger partial charge in [-0.3, -0.25) is 0 Å². The summed E-state index contributed by atoms with van der Waals surface area (Å²) in [7, 11) is 1.91. The highest BCUT2D eigenvalue weighted by Crippen LogP contribution is 2.18. The Labute approximate surface area is 70.2 Å². The highest BCUT2D eigenvalue weighted by atomic mass is 14.8. The molecule has 0 fully saturated rings. The van der Waals surface area contributed by atoms with E-state index in [2.05, 4.69) is 44.3 Å². The normalized spacial score (nSPS) is 13.1. The molecule has 0 bridgehead atoms. The molecule has 1 nitrogen and oxygen atoms in total. The van der Waals surface area contributed by atoms with Gasteiger partial charge in [0.1, 0.15) is 0 Å². The Morgan fingerprint density at radius 1 is 1.27 bits per heavy atom. The molecule has 0 aliphatic carbocycles. The molecule has 0 aliphatic heterocycles. The Morgan fingerprint density at radius 2 is 1.91 bits per heavy atom. The zero-order chi connectivity index (χ0) is 8.74. The predicted octanol–water partition coefficient (Wildman–Crippen LogP) is 2.71. The van der Waals surface area contributed by atoms with E-state index < -0.39 is 0 Å². The molecular weight excluding hydrogens is 134 g/mol. The molecule has 64 valence electrons. The third-order valence-electron chi connectivity index (χ3n) is 1.46. The van der Waals surface area contributed by atoms with Gasteiger partial charge in [0.05, 0.1) is 0 Å². The van der Waals surface area contributed by atoms with Crippen LogP contribution in [0.2, 0.25) is 0 Å². The van der Waals surface area contributed by atoms with Crippen LogP contribution in [0.25, 0.3) is 0 Å². The molecule has 1 heteroatoms. The average molecular weight is 153 g/mol. The van der Waals surface area contributed by atoms with Gasteiger partial charge in [0.25, 0.3) is 0 Å². The van der Waals surface area contributed by atoms with Gasteiger partial charge in [0.2, 0.25) is 0 Å². The lowest BCUT2D eigenvalue weighted by Crippen LogP contribution is -2.04. The van der Waals surface area contributed by atoms with Crippen LogP contribution in [0.4, 0.5) is 0 Å². The Bertz CT molecular complexity index is 127. The van der Waals surface area contributed by atoms with E-state index >= 15 is 0 Å². The first-order chi connectivity index (χ1) is 5.12. The van der Waals surface area contributed by atoms with E-state index in [9.17, 15) is 0 Å². The standard InChI is InChI=1S/C10H19N/c1-5-6-7-10(2,3)8-9-11-4/h6-9,11H,5H2,1-4H3/b7-6+,9-8+. The van der Waals surface area contributed by atoms with Gasteiger partial charge in [-0.2, -0.15) is 0 Å². The molecular formula is C10H19N. The Kier molecular flexibility index (Phi) is 4.67. The van der Waals surface area contributed by atoms with Gasteiger partial charge in [-0.1, -0.05) is 39.0 Å². The molecule has 0 aliphatic rings. The fraction of sp³-hybridized carbons (Fsp3) is 0.600. The maximum absolute atomic E-state index is 2.99. The second kappa shape index (κ2) is 5.00. The molecule has 0 spiro atoms. The summed E-state index contributed by atoms with van der Waals surface area (Å²) in [5.74, 6) is 0. The minimum Gasteiger partial charge on any atom is -0.394 e. The number of allylic oxidation sites excluding steroid dienone is 3. The summed E-state index contributed by atoms with van der Waals surface area (Å²) in [5, 5.41) is 2.99. The molecule has 0 saturated carbocycles. The lowest BCUT2D eigenvalue weighted by molar-refractivity contribution is 0.619. The third-order valence-corrected chi connectivity index (χ3v) is 1.46. The van der Waals surface area contributed by atoms with Gasteiger partial charge in [0.15, 0.2) is 0 Å². The fourth-order valence-electron chi connectivity index (χ4n) is 0.775. The van der Waals surface area contributed by atoms with Crippen LogP contribution in [-0.4, -0.2) is 7.05 Å². The van der Waals surface area contributed by atoms with Crippen LogP contribution < -0.4 is 5.32 Å². The van der Waals surface area contributed by atoms with E-state index in [1.807, 2.05) is 13.2 Å². The van der Waals surface area contributed by atoms with Crippen molar-refractivity contribution in [1.29, 1.82) is 0 Å². The summed E-state index contributed by atoms with van der Waals surface area (Å²) >= 11 is 0. The minimum absolute atomic E-state index is 0.180. The van der Waals surface area contributed by atoms with E-state index in [0.717, 1.165) is 6.42 Å². The lowest BCUT2D eigenvalue weighted by atomic mass is 9.93. The van der Waals surface area contributed by atoms with Crippen molar-refractivity contribution in [2.45, 2.75) is 27.2 Å². The lowest BCUT2D eigenvalue weighted by Gasteiger charge is -2.13. The molecule has 0 saturated heterocycles. The quantitative estimate of drug-likeness (QED) is 0.612. The van der Waals surface area contributed by atoms with Crippen molar-refractivity contribution >= 4 is 0 Å². The topological polar surface area (TPSA) is 12.0 Å². The van der Waals surface area contributed by atoms with Gasteiger partial charge in [0, 0.05) is 12.5 Å². The molecule has 0 radical (unpaired) electrons. The zero-order valence-electron chi connectivity index (χ0n) is 8.02. The Hall–Kier alpha value is -0.720. The monoisotopic (exact) mass is 153 g/mol. The first-order valence-corrected chi connectivity index (χ1v) is 4.15. The van der Waals surface area contributed by atoms with Crippen molar-refractivity contribution < 1.29 is 0 Å². The van der Waals surface area contributed by atoms with Gasteiger partial charge >= 0.3 is 0 Å². The fourth-order valence-corrected chi connectivity index (χ4v) is 0.775. The molecule has 0 rings (SSSR count). The van der Waals surface area contributed by atoms with Crippen LogP contribution in [-0.2, 0) is 0 Å². The van der Waals surface area contributed by atoms with Crippen LogP contribution >= 0.6 is 0 Å². The van der Waals surface area contributed by atoms with Crippen LogP contribution in [0.5, 0.6) is 0 Å². The Balaban J connectivity index is 3.99. The van der Waals surface area contributed by atoms with Crippen molar-refractivity contribution in [2.24, 2.45) is 5.41 Å². The molecule has 0 aromatic rings. The number of hydrogen-bond donors (Lipinski definition) is 1. The van der Waals surface area contributed by atoms with Crippen molar-refractivity contribution in [2.75, 3.05) is 7.05 Å². The Morgan fingerprint density at radius 3 is 2.36 bits per heavy atom. The van der Waals surface area contributed by atoms with Crippen molar-refractivity contribution in [3.05, 3.63) is 24.4 Å². The van der Waals surface area contributed by atoms with Gasteiger partial charge < -0.3 is 5.32 Å².